The second-order valence-electron chi connectivity index (χ2n) is 4.96. The molecule has 1 N–H and O–H groups in total. The van der Waals surface area contributed by atoms with Gasteiger partial charge < -0.3 is 4.74 Å². The van der Waals surface area contributed by atoms with Crippen LogP contribution < -0.4 is 10.2 Å². The highest BCUT2D eigenvalue weighted by Crippen LogP contribution is 2.12. The molecule has 23 heavy (non-hydrogen) atoms. The van der Waals surface area contributed by atoms with Gasteiger partial charge in [-0.05, 0) is 36.8 Å². The maximum atomic E-state index is 12.0. The van der Waals surface area contributed by atoms with Gasteiger partial charge in [-0.2, -0.15) is 5.10 Å². The first-order chi connectivity index (χ1) is 11.2. The Labute approximate surface area is 137 Å². The lowest BCUT2D eigenvalue weighted by atomic mass is 10.1. The topological polar surface area (TPSA) is 68.0 Å². The Bertz CT molecular complexity index is 820. The van der Waals surface area contributed by atoms with Gasteiger partial charge in [0, 0.05) is 17.8 Å². The van der Waals surface area contributed by atoms with Crippen LogP contribution in [0.25, 0.3) is 4.96 Å². The van der Waals surface area contributed by atoms with Crippen molar-refractivity contribution in [1.82, 2.24) is 14.8 Å². The first-order valence-electron chi connectivity index (χ1n) is 7.04. The molecule has 0 bridgehead atoms. The summed E-state index contributed by atoms with van der Waals surface area (Å²) in [6, 6.07) is 7.50. The van der Waals surface area contributed by atoms with Crippen LogP contribution in [0.1, 0.15) is 18.2 Å². The van der Waals surface area contributed by atoms with Crippen molar-refractivity contribution in [3.05, 3.63) is 53.3 Å². The summed E-state index contributed by atoms with van der Waals surface area (Å²) in [6.45, 7) is 1.84. The summed E-state index contributed by atoms with van der Waals surface area (Å²) in [5, 5.41) is 6.08. The molecule has 3 aromatic rings. The number of aromatic nitrogens is 2. The number of amides is 1. The van der Waals surface area contributed by atoms with E-state index in [4.69, 9.17) is 4.74 Å². The fourth-order valence-electron chi connectivity index (χ4n) is 2.11. The number of nitrogens with one attached hydrogen (secondary N) is 1. The molecular weight excluding hydrogens is 312 g/mol. The molecule has 0 spiro atoms. The van der Waals surface area contributed by atoms with Crippen molar-refractivity contribution in [3.8, 4) is 5.75 Å². The van der Waals surface area contributed by atoms with E-state index in [9.17, 15) is 4.79 Å². The summed E-state index contributed by atoms with van der Waals surface area (Å²) in [5.74, 6) is 0.592. The normalized spacial score (nSPS) is 11.7. The third-order valence-electron chi connectivity index (χ3n) is 3.34. The number of carbonyl (C=O) groups is 1. The number of hydrogen-bond donors (Lipinski definition) is 1. The number of imidazole rings is 1. The Hall–Kier alpha value is -2.67. The molecule has 0 radical (unpaired) electrons. The molecular formula is C16H16N4O2S. The van der Waals surface area contributed by atoms with E-state index in [0.717, 1.165) is 27.7 Å². The molecule has 3 rings (SSSR count). The first-order valence-corrected chi connectivity index (χ1v) is 7.92. The summed E-state index contributed by atoms with van der Waals surface area (Å²) in [7, 11) is 1.62. The van der Waals surface area contributed by atoms with Crippen LogP contribution in [0, 0.1) is 0 Å². The van der Waals surface area contributed by atoms with Gasteiger partial charge in [0.2, 0.25) is 5.91 Å². The highest BCUT2D eigenvalue weighted by molar-refractivity contribution is 7.15. The minimum absolute atomic E-state index is 0.191. The Morgan fingerprint density at radius 3 is 2.87 bits per heavy atom. The number of carbonyl (C=O) groups excluding carboxylic acids is 1. The predicted molar refractivity (Wildman–Crippen MR) is 90.1 cm³/mol. The average Bonchev–Trinajstić information content (AvgIpc) is 3.14. The van der Waals surface area contributed by atoms with E-state index >= 15 is 0 Å². The van der Waals surface area contributed by atoms with E-state index in [2.05, 4.69) is 15.5 Å². The van der Waals surface area contributed by atoms with Crippen LogP contribution in [0.2, 0.25) is 0 Å². The van der Waals surface area contributed by atoms with Crippen molar-refractivity contribution in [3.63, 3.8) is 0 Å². The van der Waals surface area contributed by atoms with Crippen LogP contribution in [0.5, 0.6) is 5.75 Å². The average molecular weight is 328 g/mol. The zero-order valence-electron chi connectivity index (χ0n) is 12.8. The number of nitrogens with zero attached hydrogens (tertiary/aromatic N) is 3. The van der Waals surface area contributed by atoms with E-state index in [1.807, 2.05) is 53.4 Å². The smallest absolute Gasteiger partial charge is 0.246 e. The molecule has 2 heterocycles. The number of ether oxygens (including phenoxy) is 1. The van der Waals surface area contributed by atoms with Gasteiger partial charge in [0.05, 0.1) is 24.9 Å². The van der Waals surface area contributed by atoms with Crippen molar-refractivity contribution in [2.24, 2.45) is 5.10 Å². The fourth-order valence-corrected chi connectivity index (χ4v) is 2.83. The summed E-state index contributed by atoms with van der Waals surface area (Å²) < 4.78 is 7.02. The standard InChI is InChI=1S/C16H16N4O2S/c1-11(12-3-5-14(22-2)6-4-12)18-19-15(21)9-13-10-20-7-8-23-16(20)17-13/h3-8,10H,9H2,1-2H3,(H,19,21)/b18-11-. The van der Waals surface area contributed by atoms with E-state index in [1.54, 1.807) is 7.11 Å². The highest BCUT2D eigenvalue weighted by atomic mass is 32.1. The van der Waals surface area contributed by atoms with Gasteiger partial charge in [-0.15, -0.1) is 11.3 Å². The molecule has 0 unspecified atom stereocenters. The van der Waals surface area contributed by atoms with Gasteiger partial charge in [0.15, 0.2) is 4.96 Å². The van der Waals surface area contributed by atoms with Gasteiger partial charge in [-0.1, -0.05) is 0 Å². The van der Waals surface area contributed by atoms with Crippen LogP contribution in [-0.2, 0) is 11.2 Å². The number of thiazole rings is 1. The van der Waals surface area contributed by atoms with Gasteiger partial charge in [0.1, 0.15) is 5.75 Å². The lowest BCUT2D eigenvalue weighted by Gasteiger charge is -2.04. The van der Waals surface area contributed by atoms with Crippen molar-refractivity contribution in [2.45, 2.75) is 13.3 Å². The third-order valence-corrected chi connectivity index (χ3v) is 4.11. The van der Waals surface area contributed by atoms with Crippen molar-refractivity contribution in [1.29, 1.82) is 0 Å². The number of rotatable bonds is 5. The third kappa shape index (κ3) is 3.57. The molecule has 2 aromatic heterocycles. The zero-order valence-corrected chi connectivity index (χ0v) is 13.6. The van der Waals surface area contributed by atoms with E-state index in [1.165, 1.54) is 11.3 Å². The maximum Gasteiger partial charge on any atom is 0.246 e. The molecule has 0 atom stereocenters. The van der Waals surface area contributed by atoms with Gasteiger partial charge in [-0.25, -0.2) is 10.4 Å². The molecule has 1 amide bonds. The molecule has 0 saturated carbocycles. The summed E-state index contributed by atoms with van der Waals surface area (Å²) in [6.07, 6.45) is 3.97. The molecule has 0 aliphatic carbocycles. The van der Waals surface area contributed by atoms with Crippen LogP contribution in [0.3, 0.4) is 0 Å². The number of hydrazone groups is 1. The van der Waals surface area contributed by atoms with Gasteiger partial charge >= 0.3 is 0 Å². The Morgan fingerprint density at radius 1 is 1.39 bits per heavy atom. The molecule has 0 saturated heterocycles. The molecule has 6 nitrogen and oxygen atoms in total. The van der Waals surface area contributed by atoms with Crippen LogP contribution in [-0.4, -0.2) is 28.1 Å². The monoisotopic (exact) mass is 328 g/mol. The van der Waals surface area contributed by atoms with Crippen molar-refractivity contribution in [2.75, 3.05) is 7.11 Å². The summed E-state index contributed by atoms with van der Waals surface area (Å²) in [4.78, 5) is 17.2. The number of hydrogen-bond acceptors (Lipinski definition) is 5. The molecule has 7 heteroatoms. The maximum absolute atomic E-state index is 12.0. The fraction of sp³-hybridized carbons (Fsp3) is 0.188. The van der Waals surface area contributed by atoms with E-state index in [-0.39, 0.29) is 12.3 Å². The second kappa shape index (κ2) is 6.62. The van der Waals surface area contributed by atoms with Gasteiger partial charge in [-0.3, -0.25) is 9.20 Å². The van der Waals surface area contributed by atoms with Crippen LogP contribution >= 0.6 is 11.3 Å². The van der Waals surface area contributed by atoms with Crippen molar-refractivity contribution >= 4 is 27.9 Å². The Morgan fingerprint density at radius 2 is 2.17 bits per heavy atom. The molecule has 0 aliphatic rings. The van der Waals surface area contributed by atoms with Crippen molar-refractivity contribution < 1.29 is 9.53 Å². The quantitative estimate of drug-likeness (QED) is 0.578. The molecule has 0 fully saturated rings. The Balaban J connectivity index is 1.61. The minimum Gasteiger partial charge on any atom is -0.497 e. The predicted octanol–water partition coefficient (Wildman–Crippen LogP) is 2.49. The van der Waals surface area contributed by atoms with Crippen LogP contribution in [0.4, 0.5) is 0 Å². The number of benzene rings is 1. The van der Waals surface area contributed by atoms with Crippen LogP contribution in [0.15, 0.2) is 47.1 Å². The zero-order chi connectivity index (χ0) is 16.2. The second-order valence-corrected chi connectivity index (χ2v) is 5.84. The first kappa shape index (κ1) is 15.2. The molecule has 118 valence electrons. The minimum atomic E-state index is -0.191. The number of methoxy groups -OCH3 is 1. The molecule has 0 aliphatic heterocycles. The van der Waals surface area contributed by atoms with Gasteiger partial charge in [0.25, 0.3) is 0 Å². The Kier molecular flexibility index (Phi) is 4.38. The SMILES string of the molecule is COc1ccc(/C(C)=N\NC(=O)Cc2cn3ccsc3n2)cc1. The van der Waals surface area contributed by atoms with E-state index in [0.29, 0.717) is 0 Å². The summed E-state index contributed by atoms with van der Waals surface area (Å²) >= 11 is 1.54. The lowest BCUT2D eigenvalue weighted by molar-refractivity contribution is -0.120. The summed E-state index contributed by atoms with van der Waals surface area (Å²) in [5.41, 5.74) is 4.95. The van der Waals surface area contributed by atoms with E-state index < -0.39 is 0 Å². The largest absolute Gasteiger partial charge is 0.497 e. The molecule has 1 aromatic carbocycles. The number of fused-ring (bicyclic) bond motifs is 1. The highest BCUT2D eigenvalue weighted by Gasteiger charge is 2.08. The lowest BCUT2D eigenvalue weighted by Crippen LogP contribution is -2.21.